The number of nitrogens with zero attached hydrogens (tertiary/aromatic N) is 3. The van der Waals surface area contributed by atoms with Gasteiger partial charge < -0.3 is 20.7 Å². The molecule has 1 aliphatic rings. The van der Waals surface area contributed by atoms with Gasteiger partial charge in [-0.2, -0.15) is 18.3 Å². The molecule has 1 fully saturated rings. The first-order chi connectivity index (χ1) is 20.4. The highest BCUT2D eigenvalue weighted by Crippen LogP contribution is 2.42. The fraction of sp³-hybridized carbons (Fsp3) is 0.250. The summed E-state index contributed by atoms with van der Waals surface area (Å²) in [5.74, 6) is -5.38. The van der Waals surface area contributed by atoms with E-state index in [9.17, 15) is 41.0 Å². The number of aliphatic hydroxyl groups is 1. The van der Waals surface area contributed by atoms with Crippen LogP contribution in [0.3, 0.4) is 0 Å². The van der Waals surface area contributed by atoms with Gasteiger partial charge in [0.05, 0.1) is 17.3 Å². The maximum Gasteiger partial charge on any atom is 0.573 e. The van der Waals surface area contributed by atoms with Gasteiger partial charge in [0.2, 0.25) is 0 Å². The van der Waals surface area contributed by atoms with Crippen molar-refractivity contribution in [2.45, 2.75) is 44.9 Å². The molecule has 0 saturated carbocycles. The van der Waals surface area contributed by atoms with Crippen molar-refractivity contribution in [1.29, 1.82) is 0 Å². The number of anilines is 1. The van der Waals surface area contributed by atoms with Crippen LogP contribution in [-0.2, 0) is 20.9 Å². The van der Waals surface area contributed by atoms with Gasteiger partial charge in [0, 0.05) is 12.1 Å². The van der Waals surface area contributed by atoms with Crippen LogP contribution >= 0.6 is 0 Å². The Morgan fingerprint density at radius 1 is 0.932 bits per heavy atom. The molecule has 1 aliphatic heterocycles. The van der Waals surface area contributed by atoms with Gasteiger partial charge in [0.25, 0.3) is 5.78 Å². The summed E-state index contributed by atoms with van der Waals surface area (Å²) >= 11 is 0. The van der Waals surface area contributed by atoms with Crippen LogP contribution in [0.1, 0.15) is 48.2 Å². The molecular weight excluding hydrogens is 602 g/mol. The SMILES string of the molecule is CC(C)c1ccc(C(O)=C2C(=O)C(=O)N(c3ccc(CN)nn3)[C@@H]2c2ccc(OC(F)(F)F)cc2)cc1.O=C(O)C(F)(F)F. The quantitative estimate of drug-likeness (QED) is 0.145. The molecule has 0 unspecified atom stereocenters. The standard InChI is InChI=1S/C26H23F3N4O4.C2HF3O2/c1-14(2)15-3-5-17(6-4-15)23(34)21-22(16-7-10-19(11-8-16)37-26(27,28)29)33(25(36)24(21)35)20-12-9-18(13-30)31-32-20;3-2(4,5)1(6)7/h3-12,14,22,34H,13,30H2,1-2H3;(H,6,7)/t22-;/m1./s1. The van der Waals surface area contributed by atoms with Gasteiger partial charge >= 0.3 is 24.4 Å². The van der Waals surface area contributed by atoms with Crippen molar-refractivity contribution in [2.75, 3.05) is 4.90 Å². The van der Waals surface area contributed by atoms with E-state index in [1.807, 2.05) is 13.8 Å². The smallest absolute Gasteiger partial charge is 0.507 e. The number of carbonyl (C=O) groups excluding carboxylic acids is 2. The number of aliphatic hydroxyl groups excluding tert-OH is 1. The molecule has 0 radical (unpaired) electrons. The molecule has 0 bridgehead atoms. The maximum absolute atomic E-state index is 13.2. The molecule has 2 heterocycles. The number of ketones is 1. The first kappa shape index (κ1) is 33.5. The summed E-state index contributed by atoms with van der Waals surface area (Å²) in [7, 11) is 0. The molecule has 2 aromatic carbocycles. The van der Waals surface area contributed by atoms with Crippen LogP contribution in [0, 0.1) is 0 Å². The average Bonchev–Trinajstić information content (AvgIpc) is 3.22. The molecular formula is C28H24F6N4O6. The van der Waals surface area contributed by atoms with Crippen molar-refractivity contribution in [2.24, 2.45) is 5.73 Å². The minimum atomic E-state index is -5.08. The van der Waals surface area contributed by atoms with Crippen LogP contribution < -0.4 is 15.4 Å². The van der Waals surface area contributed by atoms with Crippen molar-refractivity contribution in [1.82, 2.24) is 10.2 Å². The van der Waals surface area contributed by atoms with E-state index in [0.717, 1.165) is 22.6 Å². The Labute approximate surface area is 245 Å². The van der Waals surface area contributed by atoms with Gasteiger partial charge in [-0.1, -0.05) is 50.2 Å². The summed E-state index contributed by atoms with van der Waals surface area (Å²) in [6.45, 7) is 4.11. The number of nitrogens with two attached hydrogens (primary N) is 1. The molecule has 16 heteroatoms. The second-order valence-electron chi connectivity index (χ2n) is 9.45. The van der Waals surface area contributed by atoms with Crippen LogP contribution in [0.4, 0.5) is 32.2 Å². The summed E-state index contributed by atoms with van der Waals surface area (Å²) in [6.07, 6.45) is -9.97. The van der Waals surface area contributed by atoms with Crippen LogP contribution in [0.25, 0.3) is 5.76 Å². The lowest BCUT2D eigenvalue weighted by Gasteiger charge is -2.24. The summed E-state index contributed by atoms with van der Waals surface area (Å²) in [4.78, 5) is 36.3. The minimum Gasteiger partial charge on any atom is -0.507 e. The third-order valence-corrected chi connectivity index (χ3v) is 6.13. The van der Waals surface area contributed by atoms with Gasteiger partial charge in [0.15, 0.2) is 5.82 Å². The number of benzene rings is 2. The molecule has 44 heavy (non-hydrogen) atoms. The van der Waals surface area contributed by atoms with Gasteiger partial charge in [-0.25, -0.2) is 4.79 Å². The fourth-order valence-electron chi connectivity index (χ4n) is 4.01. The Bertz CT molecular complexity index is 1540. The highest BCUT2D eigenvalue weighted by molar-refractivity contribution is 6.51. The molecule has 234 valence electrons. The normalized spacial score (nSPS) is 16.5. The summed E-state index contributed by atoms with van der Waals surface area (Å²) in [6, 6.07) is 13.3. The number of hydrogen-bond acceptors (Lipinski definition) is 8. The largest absolute Gasteiger partial charge is 0.573 e. The molecule has 1 saturated heterocycles. The third-order valence-electron chi connectivity index (χ3n) is 6.13. The lowest BCUT2D eigenvalue weighted by Crippen LogP contribution is -2.30. The molecule has 3 aromatic rings. The predicted molar refractivity (Wildman–Crippen MR) is 142 cm³/mol. The van der Waals surface area contributed by atoms with E-state index in [-0.39, 0.29) is 29.4 Å². The Morgan fingerprint density at radius 2 is 1.50 bits per heavy atom. The third kappa shape index (κ3) is 7.89. The molecule has 0 aliphatic carbocycles. The Morgan fingerprint density at radius 3 is 1.93 bits per heavy atom. The number of aromatic nitrogens is 2. The van der Waals surface area contributed by atoms with Crippen LogP contribution in [-0.4, -0.2) is 50.6 Å². The number of rotatable bonds is 6. The van der Waals surface area contributed by atoms with Gasteiger partial charge in [-0.05, 0) is 41.3 Å². The lowest BCUT2D eigenvalue weighted by atomic mass is 9.94. The van der Waals surface area contributed by atoms with E-state index in [2.05, 4.69) is 14.9 Å². The second-order valence-corrected chi connectivity index (χ2v) is 9.45. The molecule has 4 N–H and O–H groups in total. The van der Waals surface area contributed by atoms with Crippen LogP contribution in [0.2, 0.25) is 0 Å². The van der Waals surface area contributed by atoms with Crippen LogP contribution in [0.5, 0.6) is 5.75 Å². The molecule has 1 atom stereocenters. The number of carboxylic acids is 1. The van der Waals surface area contributed by atoms with E-state index in [0.29, 0.717) is 11.3 Å². The zero-order valence-corrected chi connectivity index (χ0v) is 22.8. The highest BCUT2D eigenvalue weighted by Gasteiger charge is 2.48. The molecule has 1 aromatic heterocycles. The fourth-order valence-corrected chi connectivity index (χ4v) is 4.01. The summed E-state index contributed by atoms with van der Waals surface area (Å²) in [5.41, 5.74) is 7.32. The Hall–Kier alpha value is -4.99. The van der Waals surface area contributed by atoms with Crippen molar-refractivity contribution in [3.8, 4) is 5.75 Å². The first-order valence-electron chi connectivity index (χ1n) is 12.5. The van der Waals surface area contributed by atoms with E-state index < -0.39 is 47.7 Å². The van der Waals surface area contributed by atoms with Crippen molar-refractivity contribution in [3.05, 3.63) is 88.6 Å². The number of ether oxygens (including phenoxy) is 1. The topological polar surface area (TPSA) is 156 Å². The first-order valence-corrected chi connectivity index (χ1v) is 12.5. The number of carbonyl (C=O) groups is 3. The Balaban J connectivity index is 0.000000676. The molecule has 1 amide bonds. The lowest BCUT2D eigenvalue weighted by molar-refractivity contribution is -0.274. The monoisotopic (exact) mass is 626 g/mol. The molecule has 4 rings (SSSR count). The van der Waals surface area contributed by atoms with Crippen molar-refractivity contribution in [3.63, 3.8) is 0 Å². The highest BCUT2D eigenvalue weighted by atomic mass is 19.4. The minimum absolute atomic E-state index is 0.00845. The zero-order chi connectivity index (χ0) is 33.0. The maximum atomic E-state index is 13.2. The number of alkyl halides is 6. The van der Waals surface area contributed by atoms with Crippen molar-refractivity contribution < 1.29 is 55.7 Å². The number of halogens is 6. The van der Waals surface area contributed by atoms with Gasteiger partial charge in [-0.3, -0.25) is 14.5 Å². The predicted octanol–water partition coefficient (Wildman–Crippen LogP) is 5.22. The second kappa shape index (κ2) is 13.1. The van der Waals surface area contributed by atoms with E-state index in [4.69, 9.17) is 15.6 Å². The van der Waals surface area contributed by atoms with E-state index in [1.165, 1.54) is 24.3 Å². The molecule has 0 spiro atoms. The number of hydrogen-bond donors (Lipinski definition) is 3. The summed E-state index contributed by atoms with van der Waals surface area (Å²) in [5, 5.41) is 26.2. The number of carboxylic acid groups (broad SMARTS) is 1. The van der Waals surface area contributed by atoms with Gasteiger partial charge in [-0.15, -0.1) is 18.3 Å². The van der Waals surface area contributed by atoms with Crippen LogP contribution in [0.15, 0.2) is 66.2 Å². The average molecular weight is 627 g/mol. The van der Waals surface area contributed by atoms with E-state index >= 15 is 0 Å². The Kier molecular flexibility index (Phi) is 9.99. The zero-order valence-electron chi connectivity index (χ0n) is 22.8. The van der Waals surface area contributed by atoms with Gasteiger partial charge in [0.1, 0.15) is 11.5 Å². The number of Topliss-reactive ketones (excluding diaryl/α,β-unsaturated/α-hetero) is 1. The molecule has 10 nitrogen and oxygen atoms in total. The van der Waals surface area contributed by atoms with E-state index in [1.54, 1.807) is 24.3 Å². The summed E-state index contributed by atoms with van der Waals surface area (Å²) < 4.78 is 73.6. The van der Waals surface area contributed by atoms with Crippen molar-refractivity contribution >= 4 is 29.2 Å². The number of aliphatic carboxylic acids is 1. The number of amides is 1.